The van der Waals surface area contributed by atoms with Crippen molar-refractivity contribution in [3.63, 3.8) is 0 Å². The lowest BCUT2D eigenvalue weighted by Crippen LogP contribution is -2.53. The van der Waals surface area contributed by atoms with Gasteiger partial charge in [0.1, 0.15) is 5.50 Å². The molecule has 2 unspecified atom stereocenters. The Morgan fingerprint density at radius 3 is 2.63 bits per heavy atom. The maximum Gasteiger partial charge on any atom is 0.223 e. The number of Topliss-reactive ketones (excluding diaryl/α,β-unsaturated/α-hetero) is 1. The predicted octanol–water partition coefficient (Wildman–Crippen LogP) is 3.53. The van der Waals surface area contributed by atoms with Crippen molar-refractivity contribution in [2.24, 2.45) is 0 Å². The van der Waals surface area contributed by atoms with Crippen LogP contribution in [0.15, 0.2) is 54.6 Å². The molecule has 27 heavy (non-hydrogen) atoms. The zero-order valence-electron chi connectivity index (χ0n) is 15.0. The van der Waals surface area contributed by atoms with Gasteiger partial charge in [0, 0.05) is 23.4 Å². The third-order valence-corrected chi connectivity index (χ3v) is 5.66. The van der Waals surface area contributed by atoms with E-state index in [0.29, 0.717) is 12.0 Å². The molecule has 4 rings (SSSR count). The van der Waals surface area contributed by atoms with Crippen LogP contribution in [-0.2, 0) is 4.79 Å². The minimum absolute atomic E-state index is 0.0169. The number of amides is 1. The third kappa shape index (κ3) is 3.77. The zero-order chi connectivity index (χ0) is 18.8. The van der Waals surface area contributed by atoms with Gasteiger partial charge in [-0.3, -0.25) is 14.9 Å². The van der Waals surface area contributed by atoms with Gasteiger partial charge in [0.2, 0.25) is 5.91 Å². The molecule has 1 amide bonds. The Hall–Kier alpha value is -2.57. The van der Waals surface area contributed by atoms with Crippen LogP contribution in [-0.4, -0.2) is 34.0 Å². The van der Waals surface area contributed by atoms with Crippen LogP contribution in [0.25, 0.3) is 22.2 Å². The lowest BCUT2D eigenvalue weighted by Gasteiger charge is -2.28. The maximum absolute atomic E-state index is 13.1. The number of hydrogen-bond acceptors (Lipinski definition) is 4. The smallest absolute Gasteiger partial charge is 0.223 e. The van der Waals surface area contributed by atoms with E-state index in [2.05, 4.69) is 15.6 Å². The van der Waals surface area contributed by atoms with Gasteiger partial charge in [-0.25, -0.2) is 0 Å². The monoisotopic (exact) mass is 379 g/mol. The molecule has 3 aromatic rings. The molecule has 3 N–H and O–H groups in total. The number of rotatable bonds is 5. The Kier molecular flexibility index (Phi) is 5.01. The van der Waals surface area contributed by atoms with Crippen molar-refractivity contribution < 1.29 is 9.59 Å². The second kappa shape index (κ2) is 7.58. The van der Waals surface area contributed by atoms with Crippen LogP contribution >= 0.6 is 11.8 Å². The first kappa shape index (κ1) is 17.8. The van der Waals surface area contributed by atoms with Crippen LogP contribution < -0.4 is 10.6 Å². The van der Waals surface area contributed by atoms with Gasteiger partial charge in [-0.15, -0.1) is 11.8 Å². The topological polar surface area (TPSA) is 74.0 Å². The maximum atomic E-state index is 13.1. The molecule has 2 atom stereocenters. The second-order valence-corrected chi connectivity index (χ2v) is 7.83. The summed E-state index contributed by atoms with van der Waals surface area (Å²) in [5.41, 5.74) is 3.24. The summed E-state index contributed by atoms with van der Waals surface area (Å²) in [4.78, 5) is 28.3. The fourth-order valence-electron chi connectivity index (χ4n) is 3.42. The molecule has 2 aromatic carbocycles. The number of aromatic nitrogens is 1. The molecule has 6 heteroatoms. The number of fused-ring (bicyclic) bond motifs is 1. The van der Waals surface area contributed by atoms with Crippen LogP contribution in [0.2, 0.25) is 0 Å². The van der Waals surface area contributed by atoms with E-state index >= 15 is 0 Å². The molecule has 0 saturated carbocycles. The van der Waals surface area contributed by atoms with Gasteiger partial charge < -0.3 is 10.3 Å². The van der Waals surface area contributed by atoms with Gasteiger partial charge >= 0.3 is 0 Å². The van der Waals surface area contributed by atoms with Gasteiger partial charge in [0.25, 0.3) is 0 Å². The Labute approximate surface area is 161 Å². The second-order valence-electron chi connectivity index (χ2n) is 6.74. The summed E-state index contributed by atoms with van der Waals surface area (Å²) < 4.78 is 0. The minimum Gasteiger partial charge on any atom is -0.354 e. The average molecular weight is 379 g/mol. The number of aromatic amines is 1. The van der Waals surface area contributed by atoms with Crippen molar-refractivity contribution in [1.82, 2.24) is 15.6 Å². The van der Waals surface area contributed by atoms with Crippen LogP contribution in [0.5, 0.6) is 0 Å². The molecule has 0 aliphatic carbocycles. The largest absolute Gasteiger partial charge is 0.354 e. The van der Waals surface area contributed by atoms with Crippen LogP contribution in [0.3, 0.4) is 0 Å². The van der Waals surface area contributed by atoms with Crippen molar-refractivity contribution in [1.29, 1.82) is 0 Å². The van der Waals surface area contributed by atoms with Crippen LogP contribution in [0, 0.1) is 0 Å². The number of thioether (sulfide) groups is 1. The highest BCUT2D eigenvalue weighted by Crippen LogP contribution is 2.31. The summed E-state index contributed by atoms with van der Waals surface area (Å²) in [6.45, 7) is 1.97. The summed E-state index contributed by atoms with van der Waals surface area (Å²) in [7, 11) is 0. The molecule has 138 valence electrons. The van der Waals surface area contributed by atoms with Gasteiger partial charge in [0.05, 0.1) is 17.0 Å². The normalized spacial score (nSPS) is 19.8. The Bertz CT molecular complexity index is 984. The molecular formula is C21H21N3O2S. The van der Waals surface area contributed by atoms with E-state index in [1.54, 1.807) is 0 Å². The molecule has 1 aromatic heterocycles. The Balaban J connectivity index is 1.62. The van der Waals surface area contributed by atoms with E-state index in [1.807, 2.05) is 61.5 Å². The van der Waals surface area contributed by atoms with Gasteiger partial charge in [0.15, 0.2) is 5.78 Å². The average Bonchev–Trinajstić information content (AvgIpc) is 3.06. The lowest BCUT2D eigenvalue weighted by atomic mass is 10.0. The molecule has 0 radical (unpaired) electrons. The molecule has 0 bridgehead atoms. The molecular weight excluding hydrogens is 358 g/mol. The van der Waals surface area contributed by atoms with E-state index in [9.17, 15) is 9.59 Å². The van der Waals surface area contributed by atoms with Crippen molar-refractivity contribution in [2.75, 3.05) is 5.75 Å². The van der Waals surface area contributed by atoms with E-state index in [1.165, 1.54) is 11.8 Å². The Morgan fingerprint density at radius 2 is 1.85 bits per heavy atom. The van der Waals surface area contributed by atoms with Gasteiger partial charge in [-0.2, -0.15) is 0 Å². The number of carbonyl (C=O) groups is 2. The lowest BCUT2D eigenvalue weighted by molar-refractivity contribution is -0.123. The summed E-state index contributed by atoms with van der Waals surface area (Å²) >= 11 is 1.42. The van der Waals surface area contributed by atoms with Gasteiger partial charge in [-0.05, 0) is 18.6 Å². The number of benzene rings is 2. The van der Waals surface area contributed by atoms with Gasteiger partial charge in [-0.1, -0.05) is 48.5 Å². The van der Waals surface area contributed by atoms with Crippen LogP contribution in [0.4, 0.5) is 0 Å². The van der Waals surface area contributed by atoms with E-state index < -0.39 is 0 Å². The SMILES string of the molecule is CC1CC(=O)NC(SCC(=O)c2c(-c3ccccc3)[nH]c3ccccc23)N1. The highest BCUT2D eigenvalue weighted by Gasteiger charge is 2.25. The van der Waals surface area contributed by atoms with E-state index in [-0.39, 0.29) is 29.0 Å². The fourth-order valence-corrected chi connectivity index (χ4v) is 4.42. The Morgan fingerprint density at radius 1 is 1.11 bits per heavy atom. The van der Waals surface area contributed by atoms with Crippen molar-refractivity contribution in [3.05, 3.63) is 60.2 Å². The highest BCUT2D eigenvalue weighted by molar-refractivity contribution is 8.00. The zero-order valence-corrected chi connectivity index (χ0v) is 15.8. The molecule has 0 spiro atoms. The molecule has 1 aliphatic heterocycles. The van der Waals surface area contributed by atoms with Crippen molar-refractivity contribution >= 4 is 34.4 Å². The van der Waals surface area contributed by atoms with E-state index in [4.69, 9.17) is 0 Å². The number of nitrogens with one attached hydrogen (secondary N) is 3. The van der Waals surface area contributed by atoms with Crippen molar-refractivity contribution in [2.45, 2.75) is 24.9 Å². The number of para-hydroxylation sites is 1. The quantitative estimate of drug-likeness (QED) is 0.593. The first-order valence-electron chi connectivity index (χ1n) is 8.98. The minimum atomic E-state index is -0.240. The third-order valence-electron chi connectivity index (χ3n) is 4.65. The highest BCUT2D eigenvalue weighted by atomic mass is 32.2. The van der Waals surface area contributed by atoms with Crippen molar-refractivity contribution in [3.8, 4) is 11.3 Å². The van der Waals surface area contributed by atoms with Crippen LogP contribution in [0.1, 0.15) is 23.7 Å². The first-order chi connectivity index (χ1) is 13.1. The molecule has 1 fully saturated rings. The number of carbonyl (C=O) groups excluding carboxylic acids is 2. The summed E-state index contributed by atoms with van der Waals surface area (Å²) in [5.74, 6) is 0.348. The summed E-state index contributed by atoms with van der Waals surface area (Å²) in [5, 5.41) is 7.11. The number of H-pyrrole nitrogens is 1. The standard InChI is InChI=1S/C21H21N3O2S/c1-13-11-18(26)24-21(22-13)27-12-17(25)19-15-9-5-6-10-16(15)23-20(19)14-7-3-2-4-8-14/h2-10,13,21-23H,11-12H2,1H3,(H,24,26). The number of hydrogen-bond donors (Lipinski definition) is 3. The molecule has 2 heterocycles. The van der Waals surface area contributed by atoms with E-state index in [0.717, 1.165) is 22.2 Å². The molecule has 1 saturated heterocycles. The summed E-state index contributed by atoms with van der Waals surface area (Å²) in [6, 6.07) is 17.9. The summed E-state index contributed by atoms with van der Waals surface area (Å²) in [6.07, 6.45) is 0.464. The predicted molar refractivity (Wildman–Crippen MR) is 110 cm³/mol. The molecule has 5 nitrogen and oxygen atoms in total. The molecule has 1 aliphatic rings. The number of ketones is 1. The first-order valence-corrected chi connectivity index (χ1v) is 10.0. The fraction of sp³-hybridized carbons (Fsp3) is 0.238.